The Morgan fingerprint density at radius 2 is 1.60 bits per heavy atom. The quantitative estimate of drug-likeness (QED) is 0.224. The molecular weight excluding hydrogens is 184 g/mol. The van der Waals surface area contributed by atoms with E-state index >= 15 is 0 Å². The highest BCUT2D eigenvalue weighted by molar-refractivity contribution is 5.64. The van der Waals surface area contributed by atoms with Crippen LogP contribution in [0.25, 0.3) is 0 Å². The number of hydrogen-bond donors (Lipinski definition) is 0. The third kappa shape index (κ3) is 13.2. The summed E-state index contributed by atoms with van der Waals surface area (Å²) >= 11 is 0. The molecule has 0 aromatic heterocycles. The van der Waals surface area contributed by atoms with Crippen molar-refractivity contribution in [2.24, 2.45) is 0 Å². The maximum Gasteiger partial charge on any atom is 0.142 e. The minimum Gasteiger partial charge on any atom is -0.299 e. The number of carbonyl (C=O) groups excluding carboxylic acids is 1. The molecule has 0 spiro atoms. The molecule has 0 aliphatic rings. The fraction of sp³-hybridized carbons (Fsp3) is 0.643. The number of rotatable bonds is 10. The van der Waals surface area contributed by atoms with Gasteiger partial charge >= 0.3 is 0 Å². The fourth-order valence-corrected chi connectivity index (χ4v) is 1.47. The summed E-state index contributed by atoms with van der Waals surface area (Å²) in [6.45, 7) is 2.25. The van der Waals surface area contributed by atoms with Gasteiger partial charge in [-0.3, -0.25) is 4.79 Å². The second-order valence-electron chi connectivity index (χ2n) is 3.83. The maximum atomic E-state index is 9.95. The van der Waals surface area contributed by atoms with Gasteiger partial charge in [0, 0.05) is 0 Å². The van der Waals surface area contributed by atoms with Crippen LogP contribution in [0.15, 0.2) is 24.3 Å². The molecule has 0 saturated carbocycles. The van der Waals surface area contributed by atoms with Gasteiger partial charge in [-0.25, -0.2) is 0 Å². The van der Waals surface area contributed by atoms with Gasteiger partial charge in [0.05, 0.1) is 0 Å². The lowest BCUT2D eigenvalue weighted by molar-refractivity contribution is -0.104. The predicted octanol–water partition coefficient (Wildman–Crippen LogP) is 4.44. The fourth-order valence-electron chi connectivity index (χ4n) is 1.47. The Morgan fingerprint density at radius 3 is 2.33 bits per heavy atom. The van der Waals surface area contributed by atoms with Gasteiger partial charge in [-0.15, -0.1) is 0 Å². The highest BCUT2D eigenvalue weighted by atomic mass is 16.1. The summed E-state index contributed by atoms with van der Waals surface area (Å²) in [6.07, 6.45) is 18.8. The molecule has 1 heteroatoms. The SMILES string of the molecule is CCCCCCCCC=CCC=CC=O. The Morgan fingerprint density at radius 1 is 0.867 bits per heavy atom. The van der Waals surface area contributed by atoms with Gasteiger partial charge in [-0.1, -0.05) is 57.3 Å². The summed E-state index contributed by atoms with van der Waals surface area (Å²) in [6, 6.07) is 0. The van der Waals surface area contributed by atoms with E-state index in [1.807, 2.05) is 6.08 Å². The van der Waals surface area contributed by atoms with Crippen LogP contribution in [0, 0.1) is 0 Å². The monoisotopic (exact) mass is 208 g/mol. The van der Waals surface area contributed by atoms with Crippen LogP contribution in [-0.2, 0) is 4.79 Å². The molecule has 0 aromatic rings. The number of unbranched alkanes of at least 4 members (excludes halogenated alkanes) is 6. The Balaban J connectivity index is 3.09. The van der Waals surface area contributed by atoms with E-state index in [9.17, 15) is 4.79 Å². The van der Waals surface area contributed by atoms with Gasteiger partial charge in [0.15, 0.2) is 0 Å². The summed E-state index contributed by atoms with van der Waals surface area (Å²) in [7, 11) is 0. The van der Waals surface area contributed by atoms with E-state index in [0.717, 1.165) is 12.7 Å². The summed E-state index contributed by atoms with van der Waals surface area (Å²) in [5.41, 5.74) is 0. The molecule has 86 valence electrons. The average Bonchev–Trinajstić information content (AvgIpc) is 2.26. The first kappa shape index (κ1) is 14.2. The number of allylic oxidation sites excluding steroid dienone is 4. The Kier molecular flexibility index (Phi) is 12.4. The van der Waals surface area contributed by atoms with E-state index < -0.39 is 0 Å². The van der Waals surface area contributed by atoms with Crippen LogP contribution >= 0.6 is 0 Å². The molecule has 0 heterocycles. The van der Waals surface area contributed by atoms with Crippen molar-refractivity contribution in [1.29, 1.82) is 0 Å². The molecule has 0 atom stereocenters. The van der Waals surface area contributed by atoms with E-state index in [2.05, 4.69) is 19.1 Å². The topological polar surface area (TPSA) is 17.1 Å². The molecule has 1 nitrogen and oxygen atoms in total. The first-order valence-electron chi connectivity index (χ1n) is 6.17. The number of aldehydes is 1. The van der Waals surface area contributed by atoms with E-state index in [-0.39, 0.29) is 0 Å². The molecule has 0 bridgehead atoms. The van der Waals surface area contributed by atoms with Crippen LogP contribution < -0.4 is 0 Å². The zero-order chi connectivity index (χ0) is 11.2. The summed E-state index contributed by atoms with van der Waals surface area (Å²) in [5, 5.41) is 0. The van der Waals surface area contributed by atoms with Crippen molar-refractivity contribution >= 4 is 6.29 Å². The second-order valence-corrected chi connectivity index (χ2v) is 3.83. The molecule has 0 aliphatic heterocycles. The van der Waals surface area contributed by atoms with Gasteiger partial charge in [-0.05, 0) is 25.3 Å². The van der Waals surface area contributed by atoms with Crippen LogP contribution in [0.3, 0.4) is 0 Å². The van der Waals surface area contributed by atoms with Crippen LogP contribution in [0.4, 0.5) is 0 Å². The molecule has 0 unspecified atom stereocenters. The Hall–Kier alpha value is -0.850. The standard InChI is InChI=1S/C14H24O/c1-2-3-4-5-6-7-8-9-10-11-12-13-14-15/h9-10,12-14H,2-8,11H2,1H3. The van der Waals surface area contributed by atoms with Crippen molar-refractivity contribution in [1.82, 2.24) is 0 Å². The van der Waals surface area contributed by atoms with Crippen LogP contribution in [0.5, 0.6) is 0 Å². The highest BCUT2D eigenvalue weighted by Gasteiger charge is 1.87. The number of hydrogen-bond acceptors (Lipinski definition) is 1. The molecule has 0 fully saturated rings. The normalized spacial score (nSPS) is 11.5. The van der Waals surface area contributed by atoms with Crippen LogP contribution in [-0.4, -0.2) is 6.29 Å². The van der Waals surface area contributed by atoms with Gasteiger partial charge in [0.2, 0.25) is 0 Å². The molecule has 0 radical (unpaired) electrons. The molecule has 0 saturated heterocycles. The van der Waals surface area contributed by atoms with Gasteiger partial charge in [0.1, 0.15) is 6.29 Å². The molecule has 0 rings (SSSR count). The lowest BCUT2D eigenvalue weighted by Crippen LogP contribution is -1.77. The largest absolute Gasteiger partial charge is 0.299 e. The summed E-state index contributed by atoms with van der Waals surface area (Å²) in [4.78, 5) is 9.95. The zero-order valence-electron chi connectivity index (χ0n) is 9.95. The van der Waals surface area contributed by atoms with Crippen LogP contribution in [0.2, 0.25) is 0 Å². The first-order valence-corrected chi connectivity index (χ1v) is 6.17. The van der Waals surface area contributed by atoms with Crippen molar-refractivity contribution in [3.63, 3.8) is 0 Å². The first-order chi connectivity index (χ1) is 7.41. The van der Waals surface area contributed by atoms with Gasteiger partial charge < -0.3 is 0 Å². The molecule has 15 heavy (non-hydrogen) atoms. The highest BCUT2D eigenvalue weighted by Crippen LogP contribution is 2.07. The lowest BCUT2D eigenvalue weighted by atomic mass is 10.1. The molecule has 0 N–H and O–H groups in total. The van der Waals surface area contributed by atoms with E-state index in [1.54, 1.807) is 6.08 Å². The Labute approximate surface area is 94.3 Å². The van der Waals surface area contributed by atoms with Crippen molar-refractivity contribution < 1.29 is 4.79 Å². The third-order valence-corrected chi connectivity index (χ3v) is 2.38. The van der Waals surface area contributed by atoms with Gasteiger partial charge in [-0.2, -0.15) is 0 Å². The van der Waals surface area contributed by atoms with Crippen molar-refractivity contribution in [3.05, 3.63) is 24.3 Å². The smallest absolute Gasteiger partial charge is 0.142 e. The maximum absolute atomic E-state index is 9.95. The molecule has 0 aliphatic carbocycles. The molecule has 0 amide bonds. The summed E-state index contributed by atoms with van der Waals surface area (Å²) < 4.78 is 0. The van der Waals surface area contributed by atoms with E-state index in [0.29, 0.717) is 0 Å². The van der Waals surface area contributed by atoms with Crippen LogP contribution in [0.1, 0.15) is 58.3 Å². The number of carbonyl (C=O) groups is 1. The third-order valence-electron chi connectivity index (χ3n) is 2.38. The van der Waals surface area contributed by atoms with Crippen molar-refractivity contribution in [3.8, 4) is 0 Å². The second kappa shape index (κ2) is 13.2. The van der Waals surface area contributed by atoms with Gasteiger partial charge in [0.25, 0.3) is 0 Å². The van der Waals surface area contributed by atoms with Crippen molar-refractivity contribution in [2.45, 2.75) is 58.3 Å². The molecule has 0 aromatic carbocycles. The van der Waals surface area contributed by atoms with E-state index in [1.165, 1.54) is 44.9 Å². The van der Waals surface area contributed by atoms with Crippen molar-refractivity contribution in [2.75, 3.05) is 0 Å². The summed E-state index contributed by atoms with van der Waals surface area (Å²) in [5.74, 6) is 0. The average molecular weight is 208 g/mol. The lowest BCUT2D eigenvalue weighted by Gasteiger charge is -1.97. The zero-order valence-corrected chi connectivity index (χ0v) is 9.95. The van der Waals surface area contributed by atoms with E-state index in [4.69, 9.17) is 0 Å². The predicted molar refractivity (Wildman–Crippen MR) is 67.0 cm³/mol. The minimum absolute atomic E-state index is 0.821. The molecular formula is C14H24O. The Bertz CT molecular complexity index is 180. The minimum atomic E-state index is 0.821.